The zero-order valence-electron chi connectivity index (χ0n) is 15.0. The molecule has 1 aliphatic rings. The van der Waals surface area contributed by atoms with Crippen LogP contribution < -0.4 is 4.74 Å². The van der Waals surface area contributed by atoms with Crippen LogP contribution in [0.5, 0.6) is 11.5 Å². The van der Waals surface area contributed by atoms with Gasteiger partial charge in [0.2, 0.25) is 5.78 Å². The first-order valence-corrected chi connectivity index (χ1v) is 8.61. The summed E-state index contributed by atoms with van der Waals surface area (Å²) in [6.07, 6.45) is 5.16. The van der Waals surface area contributed by atoms with Crippen LogP contribution in [-0.4, -0.2) is 28.9 Å². The first-order valence-electron chi connectivity index (χ1n) is 8.61. The number of benzene rings is 2. The minimum Gasteiger partial charge on any atom is -0.507 e. The lowest BCUT2D eigenvalue weighted by atomic mass is 10.0. The molecule has 1 N–H and O–H groups in total. The van der Waals surface area contributed by atoms with Crippen molar-refractivity contribution in [2.45, 2.75) is 6.54 Å². The molecule has 0 atom stereocenters. The van der Waals surface area contributed by atoms with Gasteiger partial charge in [0.15, 0.2) is 5.76 Å². The number of carbonyl (C=O) groups is 1. The van der Waals surface area contributed by atoms with Gasteiger partial charge in [-0.2, -0.15) is 10.5 Å². The Labute approximate surface area is 162 Å². The molecule has 0 unspecified atom stereocenters. The van der Waals surface area contributed by atoms with Crippen molar-refractivity contribution in [2.24, 2.45) is 0 Å². The normalized spacial score (nSPS) is 14.1. The average molecular weight is 371 g/mol. The average Bonchev–Trinajstić information content (AvgIpc) is 3.01. The maximum Gasteiger partial charge on any atom is 0.231 e. The molecule has 6 heteroatoms. The predicted molar refractivity (Wildman–Crippen MR) is 103 cm³/mol. The molecule has 0 saturated carbocycles. The number of nitrogens with zero attached hydrogens (tertiary/aromatic N) is 3. The maximum absolute atomic E-state index is 12.6. The fraction of sp³-hybridized carbons (Fsp3) is 0.136. The van der Waals surface area contributed by atoms with Gasteiger partial charge in [-0.25, -0.2) is 0 Å². The molecule has 1 heterocycles. The number of ether oxygens (including phenoxy) is 1. The number of fused-ring (bicyclic) bond motifs is 1. The largest absolute Gasteiger partial charge is 0.507 e. The number of rotatable bonds is 6. The minimum absolute atomic E-state index is 0.0210. The Morgan fingerprint density at radius 1 is 1.07 bits per heavy atom. The van der Waals surface area contributed by atoms with Gasteiger partial charge < -0.3 is 9.84 Å². The van der Waals surface area contributed by atoms with Gasteiger partial charge in [-0.1, -0.05) is 42.5 Å². The van der Waals surface area contributed by atoms with Gasteiger partial charge in [-0.05, 0) is 23.8 Å². The summed E-state index contributed by atoms with van der Waals surface area (Å²) in [5.41, 5.74) is 1.72. The summed E-state index contributed by atoms with van der Waals surface area (Å²) < 4.78 is 5.73. The Balaban J connectivity index is 1.86. The van der Waals surface area contributed by atoms with Crippen molar-refractivity contribution in [3.63, 3.8) is 0 Å². The van der Waals surface area contributed by atoms with Crippen molar-refractivity contribution in [2.75, 3.05) is 13.1 Å². The summed E-state index contributed by atoms with van der Waals surface area (Å²) in [7, 11) is 0. The Hall–Kier alpha value is -3.87. The lowest BCUT2D eigenvalue weighted by molar-refractivity contribution is 0.101. The second-order valence-corrected chi connectivity index (χ2v) is 6.13. The SMILES string of the molecule is N#CCN(CC#N)Cc1c(O)ccc2c1O/C(=C\C=C\c1ccccc1)C2=O. The third-order valence-corrected chi connectivity index (χ3v) is 4.22. The first-order chi connectivity index (χ1) is 13.6. The van der Waals surface area contributed by atoms with Crippen molar-refractivity contribution in [3.8, 4) is 23.6 Å². The zero-order chi connectivity index (χ0) is 19.9. The number of phenolic OH excluding ortho intramolecular Hbond substituents is 1. The van der Waals surface area contributed by atoms with Crippen LogP contribution >= 0.6 is 0 Å². The molecule has 28 heavy (non-hydrogen) atoms. The zero-order valence-corrected chi connectivity index (χ0v) is 15.0. The van der Waals surface area contributed by atoms with Gasteiger partial charge in [0.25, 0.3) is 0 Å². The highest BCUT2D eigenvalue weighted by Gasteiger charge is 2.31. The molecule has 0 fully saturated rings. The molecule has 2 aromatic rings. The molecule has 0 aromatic heterocycles. The number of nitriles is 2. The van der Waals surface area contributed by atoms with E-state index in [-0.39, 0.29) is 42.7 Å². The number of allylic oxidation sites excluding steroid dienone is 3. The maximum atomic E-state index is 12.6. The molecule has 0 radical (unpaired) electrons. The number of aromatic hydroxyl groups is 1. The van der Waals surface area contributed by atoms with Crippen molar-refractivity contribution in [3.05, 3.63) is 77.1 Å². The Kier molecular flexibility index (Phi) is 5.86. The van der Waals surface area contributed by atoms with E-state index in [1.54, 1.807) is 17.1 Å². The monoisotopic (exact) mass is 371 g/mol. The smallest absolute Gasteiger partial charge is 0.231 e. The molecule has 6 nitrogen and oxygen atoms in total. The molecule has 138 valence electrons. The highest BCUT2D eigenvalue weighted by atomic mass is 16.5. The quantitative estimate of drug-likeness (QED) is 0.617. The van der Waals surface area contributed by atoms with E-state index in [0.29, 0.717) is 11.1 Å². The van der Waals surface area contributed by atoms with Crippen molar-refractivity contribution in [1.82, 2.24) is 4.90 Å². The Morgan fingerprint density at radius 2 is 1.79 bits per heavy atom. The number of ketones is 1. The third kappa shape index (κ3) is 4.09. The standard InChI is InChI=1S/C22H17N3O3/c23-11-13-25(14-12-24)15-18-19(26)10-9-17-21(27)20(28-22(17)18)8-4-7-16-5-2-1-3-6-16/h1-10,26H,13-15H2/b7-4+,20-8-. The van der Waals surface area contributed by atoms with E-state index in [1.807, 2.05) is 48.5 Å². The van der Waals surface area contributed by atoms with Crippen LogP contribution in [0.3, 0.4) is 0 Å². The molecule has 0 aliphatic carbocycles. The number of carbonyl (C=O) groups excluding carboxylic acids is 1. The van der Waals surface area contributed by atoms with E-state index in [0.717, 1.165) is 5.56 Å². The molecular weight excluding hydrogens is 354 g/mol. The number of hydrogen-bond donors (Lipinski definition) is 1. The van der Waals surface area contributed by atoms with E-state index in [4.69, 9.17) is 15.3 Å². The van der Waals surface area contributed by atoms with Crippen LogP contribution in [0.15, 0.2) is 60.4 Å². The Bertz CT molecular complexity index is 1010. The van der Waals surface area contributed by atoms with Gasteiger partial charge in [0.1, 0.15) is 11.5 Å². The fourth-order valence-electron chi connectivity index (χ4n) is 2.87. The highest BCUT2D eigenvalue weighted by Crippen LogP contribution is 2.39. The summed E-state index contributed by atoms with van der Waals surface area (Å²) in [6.45, 7) is 0.163. The number of Topliss-reactive ketones (excluding diaryl/α,β-unsaturated/α-hetero) is 1. The molecule has 3 rings (SSSR count). The van der Waals surface area contributed by atoms with Crippen LogP contribution in [0.25, 0.3) is 6.08 Å². The van der Waals surface area contributed by atoms with Crippen LogP contribution in [0.2, 0.25) is 0 Å². The van der Waals surface area contributed by atoms with Crippen molar-refractivity contribution >= 4 is 11.9 Å². The van der Waals surface area contributed by atoms with E-state index in [9.17, 15) is 9.90 Å². The lowest BCUT2D eigenvalue weighted by Crippen LogP contribution is -2.24. The lowest BCUT2D eigenvalue weighted by Gasteiger charge is -2.17. The molecule has 1 aliphatic heterocycles. The molecule has 0 saturated heterocycles. The summed E-state index contributed by atoms with van der Waals surface area (Å²) in [4.78, 5) is 14.2. The van der Waals surface area contributed by atoms with Gasteiger partial charge in [-0.15, -0.1) is 0 Å². The topological polar surface area (TPSA) is 97.3 Å². The second-order valence-electron chi connectivity index (χ2n) is 6.13. The van der Waals surface area contributed by atoms with E-state index in [2.05, 4.69) is 0 Å². The van der Waals surface area contributed by atoms with Crippen molar-refractivity contribution in [1.29, 1.82) is 10.5 Å². The molecule has 0 amide bonds. The third-order valence-electron chi connectivity index (χ3n) is 4.22. The number of phenols is 1. The van der Waals surface area contributed by atoms with Crippen LogP contribution in [-0.2, 0) is 6.54 Å². The van der Waals surface area contributed by atoms with Gasteiger partial charge in [-0.3, -0.25) is 9.69 Å². The predicted octanol–water partition coefficient (Wildman–Crippen LogP) is 3.41. The fourth-order valence-corrected chi connectivity index (χ4v) is 2.87. The van der Waals surface area contributed by atoms with Gasteiger partial charge in [0.05, 0.1) is 36.4 Å². The minimum atomic E-state index is -0.277. The Morgan fingerprint density at radius 3 is 2.46 bits per heavy atom. The summed E-state index contributed by atoms with van der Waals surface area (Å²) >= 11 is 0. The molecule has 0 spiro atoms. The highest BCUT2D eigenvalue weighted by molar-refractivity contribution is 6.12. The van der Waals surface area contributed by atoms with Gasteiger partial charge >= 0.3 is 0 Å². The van der Waals surface area contributed by atoms with Crippen LogP contribution in [0.4, 0.5) is 0 Å². The molecule has 0 bridgehead atoms. The summed E-state index contributed by atoms with van der Waals surface area (Å²) in [6, 6.07) is 16.6. The molecule has 2 aromatic carbocycles. The second kappa shape index (κ2) is 8.68. The molecular formula is C22H17N3O3. The summed E-state index contributed by atoms with van der Waals surface area (Å²) in [5, 5.41) is 28.1. The summed E-state index contributed by atoms with van der Waals surface area (Å²) in [5.74, 6) is 0.0981. The van der Waals surface area contributed by atoms with E-state index >= 15 is 0 Å². The van der Waals surface area contributed by atoms with E-state index < -0.39 is 0 Å². The van der Waals surface area contributed by atoms with Gasteiger partial charge in [0, 0.05) is 6.54 Å². The van der Waals surface area contributed by atoms with Crippen LogP contribution in [0, 0.1) is 22.7 Å². The van der Waals surface area contributed by atoms with Crippen LogP contribution in [0.1, 0.15) is 21.5 Å². The van der Waals surface area contributed by atoms with Crippen molar-refractivity contribution < 1.29 is 14.6 Å². The number of hydrogen-bond acceptors (Lipinski definition) is 6. The van der Waals surface area contributed by atoms with E-state index in [1.165, 1.54) is 12.1 Å². The first kappa shape index (κ1) is 18.9.